The number of methoxy groups -OCH3 is 1. The van der Waals surface area contributed by atoms with Crippen LogP contribution in [0.25, 0.3) is 0 Å². The van der Waals surface area contributed by atoms with Crippen LogP contribution >= 0.6 is 15.9 Å². The van der Waals surface area contributed by atoms with Crippen LogP contribution in [0.3, 0.4) is 0 Å². The van der Waals surface area contributed by atoms with Gasteiger partial charge in [0, 0.05) is 23.5 Å². The molecule has 2 N–H and O–H groups in total. The quantitative estimate of drug-likeness (QED) is 0.762. The second kappa shape index (κ2) is 8.97. The maximum absolute atomic E-state index is 11.8. The number of halogens is 1. The molecule has 1 aromatic rings. The molecule has 4 nitrogen and oxygen atoms in total. The highest BCUT2D eigenvalue weighted by Crippen LogP contribution is 2.24. The number of aliphatic hydroxyl groups excluding tert-OH is 1. The second-order valence-electron chi connectivity index (χ2n) is 4.79. The van der Waals surface area contributed by atoms with E-state index >= 15 is 0 Å². The first-order valence-electron chi connectivity index (χ1n) is 6.79. The van der Waals surface area contributed by atoms with E-state index in [1.165, 1.54) is 0 Å². The topological polar surface area (TPSA) is 58.6 Å². The highest BCUT2D eigenvalue weighted by molar-refractivity contribution is 9.10. The number of carbonyl (C=O) groups excluding carboxylic acids is 1. The highest BCUT2D eigenvalue weighted by atomic mass is 79.9. The average Bonchev–Trinajstić information content (AvgIpc) is 2.43. The first-order chi connectivity index (χ1) is 9.56. The van der Waals surface area contributed by atoms with Crippen LogP contribution in [0.1, 0.15) is 31.7 Å². The molecule has 5 heteroatoms. The average molecular weight is 344 g/mol. The zero-order valence-corrected chi connectivity index (χ0v) is 13.6. The molecule has 0 aliphatic rings. The van der Waals surface area contributed by atoms with E-state index in [4.69, 9.17) is 9.84 Å². The number of hydrogen-bond acceptors (Lipinski definition) is 3. The van der Waals surface area contributed by atoms with Crippen molar-refractivity contribution in [3.8, 4) is 5.75 Å². The Morgan fingerprint density at radius 1 is 1.50 bits per heavy atom. The molecule has 0 saturated carbocycles. The van der Waals surface area contributed by atoms with Crippen LogP contribution < -0.4 is 10.1 Å². The van der Waals surface area contributed by atoms with Gasteiger partial charge in [-0.2, -0.15) is 0 Å². The van der Waals surface area contributed by atoms with Gasteiger partial charge in [0.15, 0.2) is 0 Å². The minimum Gasteiger partial charge on any atom is -0.496 e. The number of benzene rings is 1. The van der Waals surface area contributed by atoms with Crippen molar-refractivity contribution in [1.82, 2.24) is 5.32 Å². The first-order valence-corrected chi connectivity index (χ1v) is 7.58. The Morgan fingerprint density at radius 2 is 2.25 bits per heavy atom. The van der Waals surface area contributed by atoms with Gasteiger partial charge in [0.2, 0.25) is 5.91 Å². The number of carbonyl (C=O) groups is 1. The van der Waals surface area contributed by atoms with E-state index in [0.717, 1.165) is 22.2 Å². The lowest BCUT2D eigenvalue weighted by Gasteiger charge is -2.14. The standard InChI is InChI=1S/C15H22BrNO3/c1-11(4-3-9-18)17-15(19)8-5-12-10-13(16)6-7-14(12)20-2/h6-7,10-11,18H,3-5,8-9H2,1-2H3,(H,17,19). The van der Waals surface area contributed by atoms with E-state index in [-0.39, 0.29) is 18.6 Å². The van der Waals surface area contributed by atoms with Crippen molar-refractivity contribution in [3.05, 3.63) is 28.2 Å². The maximum Gasteiger partial charge on any atom is 0.220 e. The van der Waals surface area contributed by atoms with Crippen molar-refractivity contribution >= 4 is 21.8 Å². The summed E-state index contributed by atoms with van der Waals surface area (Å²) in [5, 5.41) is 11.7. The van der Waals surface area contributed by atoms with E-state index < -0.39 is 0 Å². The molecule has 0 saturated heterocycles. The van der Waals surface area contributed by atoms with Crippen molar-refractivity contribution in [2.24, 2.45) is 0 Å². The van der Waals surface area contributed by atoms with Gasteiger partial charge < -0.3 is 15.2 Å². The monoisotopic (exact) mass is 343 g/mol. The van der Waals surface area contributed by atoms with Crippen LogP contribution in [-0.4, -0.2) is 30.8 Å². The van der Waals surface area contributed by atoms with Gasteiger partial charge in [-0.3, -0.25) is 4.79 Å². The Labute approximate surface area is 128 Å². The SMILES string of the molecule is COc1ccc(Br)cc1CCC(=O)NC(C)CCCO. The van der Waals surface area contributed by atoms with Gasteiger partial charge in [-0.25, -0.2) is 0 Å². The molecule has 1 rings (SSSR count). The molecule has 1 unspecified atom stereocenters. The predicted octanol–water partition coefficient (Wildman–Crippen LogP) is 2.67. The lowest BCUT2D eigenvalue weighted by molar-refractivity contribution is -0.121. The summed E-state index contributed by atoms with van der Waals surface area (Å²) in [6, 6.07) is 5.88. The Balaban J connectivity index is 2.46. The molecule has 1 atom stereocenters. The summed E-state index contributed by atoms with van der Waals surface area (Å²) in [6.45, 7) is 2.11. The van der Waals surface area contributed by atoms with E-state index in [0.29, 0.717) is 19.3 Å². The highest BCUT2D eigenvalue weighted by Gasteiger charge is 2.10. The Morgan fingerprint density at radius 3 is 2.90 bits per heavy atom. The zero-order chi connectivity index (χ0) is 15.0. The van der Waals surface area contributed by atoms with Crippen molar-refractivity contribution in [1.29, 1.82) is 0 Å². The summed E-state index contributed by atoms with van der Waals surface area (Å²) >= 11 is 3.42. The molecule has 0 bridgehead atoms. The van der Waals surface area contributed by atoms with Gasteiger partial charge in [-0.1, -0.05) is 15.9 Å². The smallest absolute Gasteiger partial charge is 0.220 e. The molecular weight excluding hydrogens is 322 g/mol. The number of ether oxygens (including phenoxy) is 1. The molecule has 0 heterocycles. The van der Waals surface area contributed by atoms with Gasteiger partial charge in [0.1, 0.15) is 5.75 Å². The van der Waals surface area contributed by atoms with E-state index in [2.05, 4.69) is 21.2 Å². The number of aliphatic hydroxyl groups is 1. The summed E-state index contributed by atoms with van der Waals surface area (Å²) in [4.78, 5) is 11.8. The number of nitrogens with one attached hydrogen (secondary N) is 1. The molecule has 0 aromatic heterocycles. The number of hydrogen-bond donors (Lipinski definition) is 2. The third-order valence-corrected chi connectivity index (χ3v) is 3.56. The van der Waals surface area contributed by atoms with Crippen molar-refractivity contribution < 1.29 is 14.6 Å². The summed E-state index contributed by atoms with van der Waals surface area (Å²) in [5.74, 6) is 0.826. The second-order valence-corrected chi connectivity index (χ2v) is 5.71. The Hall–Kier alpha value is -1.07. The van der Waals surface area contributed by atoms with Gasteiger partial charge in [-0.05, 0) is 49.9 Å². The molecule has 0 spiro atoms. The van der Waals surface area contributed by atoms with E-state index in [9.17, 15) is 4.79 Å². The maximum atomic E-state index is 11.8. The summed E-state index contributed by atoms with van der Waals surface area (Å²) < 4.78 is 6.26. The van der Waals surface area contributed by atoms with Crippen LogP contribution in [0, 0.1) is 0 Å². The minimum atomic E-state index is 0.0254. The normalized spacial score (nSPS) is 12.0. The number of aryl methyl sites for hydroxylation is 1. The van der Waals surface area contributed by atoms with Gasteiger partial charge in [-0.15, -0.1) is 0 Å². The minimum absolute atomic E-state index is 0.0254. The van der Waals surface area contributed by atoms with Crippen LogP contribution in [0.5, 0.6) is 5.75 Å². The summed E-state index contributed by atoms with van der Waals surface area (Å²) in [5.41, 5.74) is 1.01. The molecule has 0 aliphatic heterocycles. The fourth-order valence-electron chi connectivity index (χ4n) is 2.01. The molecule has 0 aliphatic carbocycles. The molecule has 0 fully saturated rings. The third kappa shape index (κ3) is 5.92. The lowest BCUT2D eigenvalue weighted by Crippen LogP contribution is -2.32. The van der Waals surface area contributed by atoms with Gasteiger partial charge in [0.05, 0.1) is 7.11 Å². The fourth-order valence-corrected chi connectivity index (χ4v) is 2.42. The van der Waals surface area contributed by atoms with Crippen LogP contribution in [0.15, 0.2) is 22.7 Å². The largest absolute Gasteiger partial charge is 0.496 e. The zero-order valence-electron chi connectivity index (χ0n) is 12.0. The summed E-state index contributed by atoms with van der Waals surface area (Å²) in [6.07, 6.45) is 2.57. The van der Waals surface area contributed by atoms with Gasteiger partial charge >= 0.3 is 0 Å². The van der Waals surface area contributed by atoms with E-state index in [1.54, 1.807) is 7.11 Å². The first kappa shape index (κ1) is 17.0. The number of rotatable bonds is 8. The fraction of sp³-hybridized carbons (Fsp3) is 0.533. The van der Waals surface area contributed by atoms with E-state index in [1.807, 2.05) is 25.1 Å². The predicted molar refractivity (Wildman–Crippen MR) is 82.9 cm³/mol. The lowest BCUT2D eigenvalue weighted by atomic mass is 10.1. The molecule has 1 amide bonds. The van der Waals surface area contributed by atoms with Crippen LogP contribution in [0.2, 0.25) is 0 Å². The molecular formula is C15H22BrNO3. The Kier molecular flexibility index (Phi) is 7.62. The molecule has 112 valence electrons. The molecule has 20 heavy (non-hydrogen) atoms. The van der Waals surface area contributed by atoms with Crippen LogP contribution in [-0.2, 0) is 11.2 Å². The van der Waals surface area contributed by atoms with Crippen molar-refractivity contribution in [2.45, 2.75) is 38.6 Å². The van der Waals surface area contributed by atoms with Crippen LogP contribution in [0.4, 0.5) is 0 Å². The van der Waals surface area contributed by atoms with Crippen molar-refractivity contribution in [3.63, 3.8) is 0 Å². The summed E-state index contributed by atoms with van der Waals surface area (Å²) in [7, 11) is 1.63. The number of amides is 1. The third-order valence-electron chi connectivity index (χ3n) is 3.07. The Bertz CT molecular complexity index is 437. The molecule has 1 aromatic carbocycles. The van der Waals surface area contributed by atoms with Crippen molar-refractivity contribution in [2.75, 3.05) is 13.7 Å². The van der Waals surface area contributed by atoms with Gasteiger partial charge in [0.25, 0.3) is 0 Å². The molecule has 0 radical (unpaired) electrons.